The molecule has 0 aliphatic carbocycles. The van der Waals surface area contributed by atoms with E-state index in [4.69, 9.17) is 0 Å². The number of amides is 1. The number of hydrogen-bond donors (Lipinski definition) is 2. The maximum absolute atomic E-state index is 13.7. The van der Waals surface area contributed by atoms with Gasteiger partial charge in [-0.2, -0.15) is 0 Å². The third kappa shape index (κ3) is 5.05. The highest BCUT2D eigenvalue weighted by atomic mass is 32.2. The van der Waals surface area contributed by atoms with Crippen molar-refractivity contribution >= 4 is 21.6 Å². The molecule has 26 heavy (non-hydrogen) atoms. The summed E-state index contributed by atoms with van der Waals surface area (Å²) in [6, 6.07) is 9.94. The number of carbonyl (C=O) groups is 1. The van der Waals surface area contributed by atoms with Gasteiger partial charge in [-0.3, -0.25) is 9.52 Å². The Morgan fingerprint density at radius 3 is 2.58 bits per heavy atom. The van der Waals surface area contributed by atoms with E-state index in [0.29, 0.717) is 11.1 Å². The van der Waals surface area contributed by atoms with Crippen LogP contribution in [0.25, 0.3) is 0 Å². The van der Waals surface area contributed by atoms with E-state index in [1.807, 2.05) is 13.8 Å². The normalized spacial score (nSPS) is 12.5. The summed E-state index contributed by atoms with van der Waals surface area (Å²) in [7, 11) is -3.95. The van der Waals surface area contributed by atoms with Crippen molar-refractivity contribution < 1.29 is 17.6 Å². The zero-order chi connectivity index (χ0) is 19.3. The van der Waals surface area contributed by atoms with Gasteiger partial charge >= 0.3 is 0 Å². The SMILES string of the molecule is CCCC(C)NC(=O)c1cccc(NS(=O)(=O)c2ccc(C)c(F)c2)c1. The van der Waals surface area contributed by atoms with E-state index in [-0.39, 0.29) is 22.5 Å². The summed E-state index contributed by atoms with van der Waals surface area (Å²) in [5, 5.41) is 2.87. The quantitative estimate of drug-likeness (QED) is 0.768. The van der Waals surface area contributed by atoms with E-state index >= 15 is 0 Å². The third-order valence-electron chi connectivity index (χ3n) is 3.93. The summed E-state index contributed by atoms with van der Waals surface area (Å²) in [6.45, 7) is 5.51. The first-order valence-corrected chi connectivity index (χ1v) is 9.91. The van der Waals surface area contributed by atoms with Crippen molar-refractivity contribution in [1.29, 1.82) is 0 Å². The van der Waals surface area contributed by atoms with E-state index in [9.17, 15) is 17.6 Å². The monoisotopic (exact) mass is 378 g/mol. The molecule has 0 saturated carbocycles. The van der Waals surface area contributed by atoms with Gasteiger partial charge in [0, 0.05) is 17.3 Å². The lowest BCUT2D eigenvalue weighted by Gasteiger charge is -2.14. The first-order chi connectivity index (χ1) is 12.2. The Morgan fingerprint density at radius 2 is 1.92 bits per heavy atom. The van der Waals surface area contributed by atoms with Crippen LogP contribution in [0.1, 0.15) is 42.6 Å². The van der Waals surface area contributed by atoms with Crippen LogP contribution >= 0.6 is 0 Å². The Hall–Kier alpha value is -2.41. The molecule has 0 fully saturated rings. The molecule has 0 aromatic heterocycles. The Morgan fingerprint density at radius 1 is 1.19 bits per heavy atom. The highest BCUT2D eigenvalue weighted by molar-refractivity contribution is 7.92. The lowest BCUT2D eigenvalue weighted by molar-refractivity contribution is 0.0938. The topological polar surface area (TPSA) is 75.3 Å². The number of halogens is 1. The van der Waals surface area contributed by atoms with Crippen molar-refractivity contribution in [2.75, 3.05) is 4.72 Å². The van der Waals surface area contributed by atoms with Crippen molar-refractivity contribution in [3.05, 3.63) is 59.4 Å². The molecule has 2 aromatic rings. The molecule has 0 radical (unpaired) electrons. The number of hydrogen-bond acceptors (Lipinski definition) is 3. The largest absolute Gasteiger partial charge is 0.350 e. The Labute approximate surface area is 153 Å². The highest BCUT2D eigenvalue weighted by Gasteiger charge is 2.17. The van der Waals surface area contributed by atoms with E-state index in [1.54, 1.807) is 19.1 Å². The van der Waals surface area contributed by atoms with Gasteiger partial charge in [-0.05, 0) is 56.2 Å². The number of benzene rings is 2. The van der Waals surface area contributed by atoms with Crippen molar-refractivity contribution in [2.24, 2.45) is 0 Å². The average Bonchev–Trinajstić information content (AvgIpc) is 2.57. The van der Waals surface area contributed by atoms with Gasteiger partial charge in [0.2, 0.25) is 0 Å². The van der Waals surface area contributed by atoms with Crippen molar-refractivity contribution in [1.82, 2.24) is 5.32 Å². The fourth-order valence-electron chi connectivity index (χ4n) is 2.49. The number of carbonyl (C=O) groups excluding carboxylic acids is 1. The van der Waals surface area contributed by atoms with Crippen LogP contribution in [0.2, 0.25) is 0 Å². The first-order valence-electron chi connectivity index (χ1n) is 8.43. The first kappa shape index (κ1) is 19.9. The second-order valence-electron chi connectivity index (χ2n) is 6.26. The molecule has 1 unspecified atom stereocenters. The molecule has 0 saturated heterocycles. The van der Waals surface area contributed by atoms with Gasteiger partial charge in [0.1, 0.15) is 5.82 Å². The van der Waals surface area contributed by atoms with Gasteiger partial charge in [0.05, 0.1) is 4.90 Å². The Bertz CT molecular complexity index is 897. The molecule has 0 aliphatic rings. The molecule has 0 aliphatic heterocycles. The lowest BCUT2D eigenvalue weighted by Crippen LogP contribution is -2.32. The number of rotatable bonds is 7. The molecular formula is C19H23FN2O3S. The zero-order valence-electron chi connectivity index (χ0n) is 15.0. The van der Waals surface area contributed by atoms with Gasteiger partial charge < -0.3 is 5.32 Å². The fraction of sp³-hybridized carbons (Fsp3) is 0.316. The van der Waals surface area contributed by atoms with Crippen LogP contribution in [-0.4, -0.2) is 20.4 Å². The van der Waals surface area contributed by atoms with Gasteiger partial charge in [-0.1, -0.05) is 25.5 Å². The van der Waals surface area contributed by atoms with Gasteiger partial charge in [0.15, 0.2) is 0 Å². The van der Waals surface area contributed by atoms with Crippen LogP contribution in [0.3, 0.4) is 0 Å². The van der Waals surface area contributed by atoms with Gasteiger partial charge in [-0.15, -0.1) is 0 Å². The minimum Gasteiger partial charge on any atom is -0.350 e. The Kier molecular flexibility index (Phi) is 6.37. The maximum Gasteiger partial charge on any atom is 0.261 e. The van der Waals surface area contributed by atoms with Crippen molar-refractivity contribution in [3.8, 4) is 0 Å². The van der Waals surface area contributed by atoms with Crippen LogP contribution in [0, 0.1) is 12.7 Å². The summed E-state index contributed by atoms with van der Waals surface area (Å²) < 4.78 is 40.9. The van der Waals surface area contributed by atoms with Crippen molar-refractivity contribution in [2.45, 2.75) is 44.6 Å². The molecule has 2 aromatic carbocycles. The van der Waals surface area contributed by atoms with Crippen LogP contribution in [0.4, 0.5) is 10.1 Å². The average molecular weight is 378 g/mol. The third-order valence-corrected chi connectivity index (χ3v) is 5.31. The molecular weight excluding hydrogens is 355 g/mol. The molecule has 1 amide bonds. The summed E-state index contributed by atoms with van der Waals surface area (Å²) in [4.78, 5) is 12.1. The number of nitrogens with one attached hydrogen (secondary N) is 2. The van der Waals surface area contributed by atoms with Gasteiger partial charge in [0.25, 0.3) is 15.9 Å². The standard InChI is InChI=1S/C19H23FN2O3S/c1-4-6-14(3)21-19(23)15-7-5-8-16(11-15)22-26(24,25)17-10-9-13(2)18(20)12-17/h5,7-12,14,22H,4,6H2,1-3H3,(H,21,23). The number of anilines is 1. The van der Waals surface area contributed by atoms with Crippen LogP contribution in [0.5, 0.6) is 0 Å². The molecule has 2 N–H and O–H groups in total. The maximum atomic E-state index is 13.7. The van der Waals surface area contributed by atoms with Crippen LogP contribution < -0.4 is 10.0 Å². The smallest absolute Gasteiger partial charge is 0.261 e. The molecule has 2 rings (SSSR count). The second-order valence-corrected chi connectivity index (χ2v) is 7.94. The highest BCUT2D eigenvalue weighted by Crippen LogP contribution is 2.19. The van der Waals surface area contributed by atoms with Crippen LogP contribution in [0.15, 0.2) is 47.4 Å². The summed E-state index contributed by atoms with van der Waals surface area (Å²) in [5.41, 5.74) is 0.953. The van der Waals surface area contributed by atoms with Crippen molar-refractivity contribution in [3.63, 3.8) is 0 Å². The number of sulfonamides is 1. The molecule has 1 atom stereocenters. The summed E-state index contributed by atoms with van der Waals surface area (Å²) in [6.07, 6.45) is 1.81. The van der Waals surface area contributed by atoms with E-state index in [2.05, 4.69) is 10.0 Å². The molecule has 7 heteroatoms. The molecule has 140 valence electrons. The fourth-order valence-corrected chi connectivity index (χ4v) is 3.55. The van der Waals surface area contributed by atoms with Gasteiger partial charge in [-0.25, -0.2) is 12.8 Å². The molecule has 0 heterocycles. The van der Waals surface area contributed by atoms with E-state index in [1.165, 1.54) is 24.3 Å². The summed E-state index contributed by atoms with van der Waals surface area (Å²) in [5.74, 6) is -0.862. The molecule has 0 bridgehead atoms. The molecule has 0 spiro atoms. The second kappa shape index (κ2) is 8.31. The minimum absolute atomic E-state index is 0.0309. The van der Waals surface area contributed by atoms with E-state index < -0.39 is 15.8 Å². The summed E-state index contributed by atoms with van der Waals surface area (Å²) >= 11 is 0. The predicted molar refractivity (Wildman–Crippen MR) is 100 cm³/mol. The predicted octanol–water partition coefficient (Wildman–Crippen LogP) is 3.85. The minimum atomic E-state index is -3.95. The van der Waals surface area contributed by atoms with E-state index in [0.717, 1.165) is 18.9 Å². The Balaban J connectivity index is 2.19. The lowest BCUT2D eigenvalue weighted by atomic mass is 10.1. The zero-order valence-corrected chi connectivity index (χ0v) is 15.9. The number of aryl methyl sites for hydroxylation is 1. The molecule has 5 nitrogen and oxygen atoms in total. The van der Waals surface area contributed by atoms with Crippen LogP contribution in [-0.2, 0) is 10.0 Å².